The number of aryl methyl sites for hydroxylation is 2. The highest BCUT2D eigenvalue weighted by molar-refractivity contribution is 5.91. The van der Waals surface area contributed by atoms with Gasteiger partial charge in [-0.1, -0.05) is 0 Å². The number of carbonyl (C=O) groups excluding carboxylic acids is 2. The zero-order valence-electron chi connectivity index (χ0n) is 21.3. The Morgan fingerprint density at radius 1 is 0.750 bits per heavy atom. The van der Waals surface area contributed by atoms with E-state index in [9.17, 15) is 28.8 Å². The van der Waals surface area contributed by atoms with Crippen molar-refractivity contribution in [3.8, 4) is 0 Å². The average Bonchev–Trinajstić information content (AvgIpc) is 2.91. The van der Waals surface area contributed by atoms with Crippen LogP contribution in [0.1, 0.15) is 78.8 Å². The lowest BCUT2D eigenvalue weighted by molar-refractivity contribution is -0.145. The van der Waals surface area contributed by atoms with Gasteiger partial charge in [0.25, 0.3) is 0 Å². The van der Waals surface area contributed by atoms with Gasteiger partial charge in [0.15, 0.2) is 0 Å². The average molecular weight is 561 g/mol. The van der Waals surface area contributed by atoms with Crippen molar-refractivity contribution in [1.29, 1.82) is 0 Å². The van der Waals surface area contributed by atoms with Crippen LogP contribution in [0.15, 0.2) is 24.3 Å². The quantitative estimate of drug-likeness (QED) is 0.163. The molecule has 0 fully saturated rings. The van der Waals surface area contributed by atoms with Crippen LogP contribution in [0.5, 0.6) is 0 Å². The van der Waals surface area contributed by atoms with Crippen molar-refractivity contribution in [3.05, 3.63) is 58.2 Å². The molecule has 0 unspecified atom stereocenters. The molecule has 2 atom stereocenters. The fourth-order valence-electron chi connectivity index (χ4n) is 3.74. The minimum Gasteiger partial charge on any atom is -0.477 e. The second-order valence-corrected chi connectivity index (χ2v) is 8.69. The summed E-state index contributed by atoms with van der Waals surface area (Å²) in [6.07, 6.45) is 1.13. The largest absolute Gasteiger partial charge is 0.477 e. The number of carboxylic acids is 4. The van der Waals surface area contributed by atoms with Gasteiger partial charge in [0, 0.05) is 0 Å². The third-order valence-electron chi connectivity index (χ3n) is 5.72. The van der Waals surface area contributed by atoms with Gasteiger partial charge in [0.05, 0.1) is 13.2 Å². The number of rotatable bonds is 15. The Labute approximate surface area is 227 Å². The number of aromatic nitrogens is 2. The first-order valence-corrected chi connectivity index (χ1v) is 11.9. The molecule has 0 spiro atoms. The van der Waals surface area contributed by atoms with E-state index in [1.165, 1.54) is 24.3 Å². The van der Waals surface area contributed by atoms with Crippen molar-refractivity contribution in [3.63, 3.8) is 0 Å². The van der Waals surface area contributed by atoms with Crippen LogP contribution in [0.3, 0.4) is 0 Å². The van der Waals surface area contributed by atoms with E-state index in [1.54, 1.807) is 0 Å². The lowest BCUT2D eigenvalue weighted by Gasteiger charge is -2.19. The van der Waals surface area contributed by atoms with Crippen LogP contribution in [-0.2, 0) is 27.2 Å². The number of esters is 1. The van der Waals surface area contributed by atoms with Crippen LogP contribution in [0.2, 0.25) is 0 Å². The van der Waals surface area contributed by atoms with E-state index in [1.807, 2.05) is 0 Å². The van der Waals surface area contributed by atoms with Crippen molar-refractivity contribution in [2.24, 2.45) is 5.73 Å². The Bertz CT molecular complexity index is 1250. The van der Waals surface area contributed by atoms with Gasteiger partial charge in [-0.2, -0.15) is 0 Å². The normalized spacial score (nSPS) is 12.2. The molecule has 2 rings (SSSR count). The Hall–Kier alpha value is -4.92. The van der Waals surface area contributed by atoms with Crippen LogP contribution >= 0.6 is 0 Å². The van der Waals surface area contributed by atoms with Crippen molar-refractivity contribution in [1.82, 2.24) is 15.3 Å². The second kappa shape index (κ2) is 14.3. The van der Waals surface area contributed by atoms with Gasteiger partial charge in [-0.25, -0.2) is 33.9 Å². The van der Waals surface area contributed by atoms with Gasteiger partial charge in [-0.3, -0.25) is 4.79 Å². The Kier molecular flexibility index (Phi) is 11.2. The van der Waals surface area contributed by atoms with Crippen LogP contribution in [0.25, 0.3) is 0 Å². The van der Waals surface area contributed by atoms with E-state index in [2.05, 4.69) is 15.3 Å². The summed E-state index contributed by atoms with van der Waals surface area (Å²) in [4.78, 5) is 76.8. The van der Waals surface area contributed by atoms with E-state index in [0.717, 1.165) is 7.11 Å². The number of amides is 1. The molecular weight excluding hydrogens is 532 g/mol. The van der Waals surface area contributed by atoms with Gasteiger partial charge in [-0.15, -0.1) is 0 Å². The molecule has 2 aromatic heterocycles. The zero-order valence-corrected chi connectivity index (χ0v) is 21.3. The molecule has 0 aliphatic heterocycles. The van der Waals surface area contributed by atoms with E-state index in [4.69, 9.17) is 30.9 Å². The smallest absolute Gasteiger partial charge is 0.354 e. The summed E-state index contributed by atoms with van der Waals surface area (Å²) in [6.45, 7) is 0. The number of hydrogen-bond acceptors (Lipinski definition) is 10. The highest BCUT2D eigenvalue weighted by atomic mass is 16.5. The van der Waals surface area contributed by atoms with E-state index in [-0.39, 0.29) is 32.1 Å². The van der Waals surface area contributed by atoms with Crippen molar-refractivity contribution < 1.29 is 53.9 Å². The topological polar surface area (TPSA) is 256 Å². The molecule has 0 bridgehead atoms. The molecule has 0 saturated heterocycles. The van der Waals surface area contributed by atoms with E-state index < -0.39 is 70.6 Å². The number of methoxy groups -OCH3 is 1. The van der Waals surface area contributed by atoms with Gasteiger partial charge < -0.3 is 36.2 Å². The minimum absolute atomic E-state index is 0.0746. The first kappa shape index (κ1) is 31.3. The first-order valence-electron chi connectivity index (χ1n) is 11.9. The highest BCUT2D eigenvalue weighted by Gasteiger charge is 2.24. The number of carbonyl (C=O) groups is 6. The Morgan fingerprint density at radius 2 is 1.12 bits per heavy atom. The van der Waals surface area contributed by atoms with Crippen LogP contribution in [0.4, 0.5) is 0 Å². The molecule has 0 aliphatic carbocycles. The molecule has 0 aromatic carbocycles. The number of nitrogens with zero attached hydrogens (tertiary/aromatic N) is 2. The summed E-state index contributed by atoms with van der Waals surface area (Å²) < 4.78 is 4.74. The highest BCUT2D eigenvalue weighted by Crippen LogP contribution is 2.14. The summed E-state index contributed by atoms with van der Waals surface area (Å²) in [5, 5.41) is 39.1. The molecule has 2 aromatic rings. The van der Waals surface area contributed by atoms with E-state index >= 15 is 0 Å². The number of aromatic carboxylic acids is 4. The number of nitrogens with two attached hydrogens (primary N) is 1. The lowest BCUT2D eigenvalue weighted by Crippen LogP contribution is -2.48. The summed E-state index contributed by atoms with van der Waals surface area (Å²) in [7, 11) is 1.13. The van der Waals surface area contributed by atoms with Gasteiger partial charge in [0.1, 0.15) is 28.8 Å². The van der Waals surface area contributed by atoms with Gasteiger partial charge >= 0.3 is 29.8 Å². The van der Waals surface area contributed by atoms with Gasteiger partial charge in [0.2, 0.25) is 5.91 Å². The van der Waals surface area contributed by atoms with Crippen LogP contribution in [0, 0.1) is 0 Å². The maximum atomic E-state index is 12.6. The maximum Gasteiger partial charge on any atom is 0.354 e. The predicted octanol–water partition coefficient (Wildman–Crippen LogP) is 0.600. The molecule has 0 aliphatic rings. The van der Waals surface area contributed by atoms with Crippen molar-refractivity contribution in [2.45, 2.75) is 50.6 Å². The van der Waals surface area contributed by atoms with Gasteiger partial charge in [-0.05, 0) is 73.9 Å². The summed E-state index contributed by atoms with van der Waals surface area (Å²) in [5.74, 6) is -6.97. The molecule has 1 amide bonds. The molecule has 40 heavy (non-hydrogen) atoms. The molecule has 0 radical (unpaired) electrons. The van der Waals surface area contributed by atoms with Crippen LogP contribution < -0.4 is 11.1 Å². The summed E-state index contributed by atoms with van der Waals surface area (Å²) in [6, 6.07) is 2.77. The Balaban J connectivity index is 1.97. The lowest BCUT2D eigenvalue weighted by atomic mass is 10.0. The summed E-state index contributed by atoms with van der Waals surface area (Å²) >= 11 is 0. The molecule has 15 heteroatoms. The third kappa shape index (κ3) is 9.13. The van der Waals surface area contributed by atoms with Crippen LogP contribution in [-0.4, -0.2) is 85.3 Å². The SMILES string of the molecule is COC(=O)[C@H](CCCc1cc(C(=O)O)nc(C(=O)O)c1)NC(=O)[C@@H](N)CCCc1cc(C(=O)O)nc(C(=O)O)c1. The second-order valence-electron chi connectivity index (χ2n) is 8.69. The van der Waals surface area contributed by atoms with Crippen molar-refractivity contribution >= 4 is 35.8 Å². The van der Waals surface area contributed by atoms with E-state index in [0.29, 0.717) is 17.5 Å². The standard InChI is InChI=1S/C25H28N4O11/c1-40-25(39)15(7-3-5-13-10-18(23(35)36)28-19(11-13)24(37)38)29-20(30)14(26)6-2-4-12-8-16(21(31)32)27-17(9-12)22(33)34/h8-11,14-15H,2-7,26H2,1H3,(H,29,30)(H,31,32)(H,33,34)(H,35,36)(H,37,38)/t14-,15-/m0/s1. The third-order valence-corrected chi connectivity index (χ3v) is 5.72. The molecule has 2 heterocycles. The molecule has 7 N–H and O–H groups in total. The predicted molar refractivity (Wildman–Crippen MR) is 134 cm³/mol. The minimum atomic E-state index is -1.40. The summed E-state index contributed by atoms with van der Waals surface area (Å²) in [5.41, 5.74) is 4.97. The maximum absolute atomic E-state index is 12.6. The van der Waals surface area contributed by atoms with Crippen molar-refractivity contribution in [2.75, 3.05) is 7.11 Å². The molecule has 214 valence electrons. The molecule has 15 nitrogen and oxygen atoms in total. The zero-order chi connectivity index (χ0) is 30.0. The number of carboxylic acid groups (broad SMARTS) is 4. The number of hydrogen-bond donors (Lipinski definition) is 6. The monoisotopic (exact) mass is 560 g/mol. The number of nitrogens with one attached hydrogen (secondary N) is 1. The molecule has 0 saturated carbocycles. The first-order chi connectivity index (χ1) is 18.8. The molecular formula is C25H28N4O11. The number of pyridine rings is 2. The Morgan fingerprint density at radius 3 is 1.48 bits per heavy atom. The fraction of sp³-hybridized carbons (Fsp3) is 0.360. The fourth-order valence-corrected chi connectivity index (χ4v) is 3.74. The number of ether oxygens (including phenoxy) is 1.